The van der Waals surface area contributed by atoms with E-state index in [1.165, 1.54) is 45.2 Å². The lowest BCUT2D eigenvalue weighted by atomic mass is 10.0. The van der Waals surface area contributed by atoms with Crippen LogP contribution >= 0.6 is 34.9 Å². The van der Waals surface area contributed by atoms with E-state index in [2.05, 4.69) is 41.3 Å². The second-order valence-electron chi connectivity index (χ2n) is 6.48. The molecule has 5 nitrogen and oxygen atoms in total. The molecule has 0 aliphatic carbocycles. The van der Waals surface area contributed by atoms with Crippen molar-refractivity contribution in [1.29, 1.82) is 0 Å². The van der Waals surface area contributed by atoms with Crippen LogP contribution in [0.3, 0.4) is 0 Å². The van der Waals surface area contributed by atoms with E-state index in [1.54, 1.807) is 0 Å². The Morgan fingerprint density at radius 1 is 1.35 bits per heavy atom. The zero-order valence-electron chi connectivity index (χ0n) is 14.5. The Hall–Kier alpha value is -1.61. The minimum atomic E-state index is 0.425. The van der Waals surface area contributed by atoms with Crippen LogP contribution in [0.4, 0.5) is 5.13 Å². The van der Waals surface area contributed by atoms with Gasteiger partial charge in [-0.25, -0.2) is 4.98 Å². The van der Waals surface area contributed by atoms with Crippen LogP contribution in [0.2, 0.25) is 0 Å². The first-order chi connectivity index (χ1) is 12.7. The summed E-state index contributed by atoms with van der Waals surface area (Å²) in [6, 6.07) is 8.83. The van der Waals surface area contributed by atoms with Crippen LogP contribution in [-0.2, 0) is 6.67 Å². The molecule has 3 heterocycles. The zero-order chi connectivity index (χ0) is 17.9. The molecule has 26 heavy (non-hydrogen) atoms. The van der Waals surface area contributed by atoms with E-state index in [0.717, 1.165) is 27.8 Å². The van der Waals surface area contributed by atoms with E-state index in [4.69, 9.17) is 17.2 Å². The number of nitrogens with one attached hydrogen (secondary N) is 2. The van der Waals surface area contributed by atoms with Crippen LogP contribution in [0.25, 0.3) is 10.2 Å². The van der Waals surface area contributed by atoms with Crippen molar-refractivity contribution in [3.8, 4) is 0 Å². The van der Waals surface area contributed by atoms with Gasteiger partial charge in [-0.05, 0) is 37.2 Å². The molecule has 0 amide bonds. The molecule has 2 N–H and O–H groups in total. The Morgan fingerprint density at radius 3 is 3.08 bits per heavy atom. The summed E-state index contributed by atoms with van der Waals surface area (Å²) < 4.78 is 4.05. The van der Waals surface area contributed by atoms with Gasteiger partial charge in [-0.2, -0.15) is 4.68 Å². The van der Waals surface area contributed by atoms with Gasteiger partial charge in [0.1, 0.15) is 6.04 Å². The number of thiazole rings is 1. The minimum absolute atomic E-state index is 0.425. The number of hydrogen-bond acceptors (Lipinski definition) is 6. The maximum Gasteiger partial charge on any atom is 0.205 e. The first-order valence-corrected chi connectivity index (χ1v) is 10.9. The lowest BCUT2D eigenvalue weighted by Crippen LogP contribution is -3.12. The predicted octanol–water partition coefficient (Wildman–Crippen LogP) is 3.65. The van der Waals surface area contributed by atoms with Crippen LogP contribution in [0.15, 0.2) is 36.9 Å². The van der Waals surface area contributed by atoms with Crippen molar-refractivity contribution in [2.75, 3.05) is 18.4 Å². The van der Waals surface area contributed by atoms with Crippen molar-refractivity contribution in [3.63, 3.8) is 0 Å². The zero-order valence-corrected chi connectivity index (χ0v) is 16.9. The molecular weight excluding hydrogens is 382 g/mol. The smallest absolute Gasteiger partial charge is 0.205 e. The summed E-state index contributed by atoms with van der Waals surface area (Å²) in [4.78, 5) is 6.42. The van der Waals surface area contributed by atoms with Gasteiger partial charge in [0.05, 0.1) is 16.8 Å². The number of piperidine rings is 1. The highest BCUT2D eigenvalue weighted by molar-refractivity contribution is 7.73. The van der Waals surface area contributed by atoms with Crippen molar-refractivity contribution >= 4 is 50.2 Å². The average Bonchev–Trinajstić information content (AvgIpc) is 3.24. The Balaban J connectivity index is 1.57. The van der Waals surface area contributed by atoms with Gasteiger partial charge in [0, 0.05) is 13.0 Å². The van der Waals surface area contributed by atoms with E-state index in [-0.39, 0.29) is 0 Å². The summed E-state index contributed by atoms with van der Waals surface area (Å²) in [7, 11) is 0. The first-order valence-electron chi connectivity index (χ1n) is 8.87. The summed E-state index contributed by atoms with van der Waals surface area (Å²) in [5.41, 5.74) is 1.11. The quantitative estimate of drug-likeness (QED) is 0.486. The molecule has 0 saturated carbocycles. The summed E-state index contributed by atoms with van der Waals surface area (Å²) in [5, 5.41) is 9.99. The number of anilines is 1. The fourth-order valence-corrected chi connectivity index (χ4v) is 5.61. The van der Waals surface area contributed by atoms with Gasteiger partial charge in [-0.1, -0.05) is 29.5 Å². The maximum atomic E-state index is 5.53. The highest BCUT2D eigenvalue weighted by Gasteiger charge is 2.31. The number of nitrogens with zero attached hydrogens (tertiary/aromatic N) is 3. The van der Waals surface area contributed by atoms with Gasteiger partial charge < -0.3 is 10.2 Å². The van der Waals surface area contributed by atoms with Crippen LogP contribution in [0.1, 0.15) is 30.3 Å². The summed E-state index contributed by atoms with van der Waals surface area (Å²) >= 11 is 8.88. The summed E-state index contributed by atoms with van der Waals surface area (Å²) in [5.74, 6) is 0. The normalized spacial score (nSPS) is 20.3. The van der Waals surface area contributed by atoms with Gasteiger partial charge in [0.2, 0.25) is 5.13 Å². The average molecular weight is 405 g/mol. The topological polar surface area (TPSA) is 47.2 Å². The van der Waals surface area contributed by atoms with Crippen LogP contribution in [0.5, 0.6) is 0 Å². The highest BCUT2D eigenvalue weighted by Crippen LogP contribution is 2.28. The molecule has 136 valence electrons. The molecule has 4 rings (SSSR count). The third-order valence-corrected chi connectivity index (χ3v) is 7.11. The van der Waals surface area contributed by atoms with Gasteiger partial charge in [0.15, 0.2) is 15.6 Å². The second-order valence-corrected chi connectivity index (χ2v) is 9.16. The lowest BCUT2D eigenvalue weighted by molar-refractivity contribution is -0.959. The van der Waals surface area contributed by atoms with E-state index in [9.17, 15) is 0 Å². The van der Waals surface area contributed by atoms with Crippen molar-refractivity contribution in [1.82, 2.24) is 14.8 Å². The SMILES string of the molecule is C=CCNc1nn(C[NH+]2CCCC[C@@H]2c2nc3ccccc3s2)c(=S)s1. The summed E-state index contributed by atoms with van der Waals surface area (Å²) in [6.45, 7) is 6.36. The molecule has 2 aromatic heterocycles. The Kier molecular flexibility index (Phi) is 5.44. The van der Waals surface area contributed by atoms with Crippen molar-refractivity contribution < 1.29 is 4.90 Å². The third kappa shape index (κ3) is 3.73. The number of rotatable bonds is 6. The van der Waals surface area contributed by atoms with Crippen LogP contribution in [0, 0.1) is 3.95 Å². The summed E-state index contributed by atoms with van der Waals surface area (Å²) in [6.07, 6.45) is 5.51. The van der Waals surface area contributed by atoms with Gasteiger partial charge in [-0.3, -0.25) is 0 Å². The largest absolute Gasteiger partial charge is 0.357 e. The fourth-order valence-electron chi connectivity index (χ4n) is 3.43. The van der Waals surface area contributed by atoms with Crippen molar-refractivity contribution in [3.05, 3.63) is 45.9 Å². The Labute approximate surface area is 166 Å². The molecule has 0 radical (unpaired) electrons. The Morgan fingerprint density at radius 2 is 2.23 bits per heavy atom. The van der Waals surface area contributed by atoms with E-state index < -0.39 is 0 Å². The van der Waals surface area contributed by atoms with E-state index >= 15 is 0 Å². The lowest BCUT2D eigenvalue weighted by Gasteiger charge is -2.30. The van der Waals surface area contributed by atoms with Crippen LogP contribution < -0.4 is 10.2 Å². The molecule has 1 aromatic carbocycles. The van der Waals surface area contributed by atoms with Crippen molar-refractivity contribution in [2.45, 2.75) is 32.0 Å². The molecule has 0 spiro atoms. The number of para-hydroxylation sites is 1. The van der Waals surface area contributed by atoms with E-state index in [1.807, 2.05) is 22.1 Å². The maximum absolute atomic E-state index is 5.53. The van der Waals surface area contributed by atoms with E-state index in [0.29, 0.717) is 12.6 Å². The number of quaternary nitrogens is 1. The number of hydrogen-bond donors (Lipinski definition) is 2. The molecule has 1 aliphatic heterocycles. The highest BCUT2D eigenvalue weighted by atomic mass is 32.1. The molecule has 8 heteroatoms. The van der Waals surface area contributed by atoms with Crippen LogP contribution in [-0.4, -0.2) is 27.9 Å². The molecule has 1 unspecified atom stereocenters. The van der Waals surface area contributed by atoms with Gasteiger partial charge in [-0.15, -0.1) is 23.0 Å². The molecule has 1 aliphatic rings. The van der Waals surface area contributed by atoms with Gasteiger partial charge in [0.25, 0.3) is 0 Å². The monoisotopic (exact) mass is 404 g/mol. The Bertz CT molecular complexity index is 924. The molecular formula is C18H22N5S3+. The van der Waals surface area contributed by atoms with Gasteiger partial charge >= 0.3 is 0 Å². The number of fused-ring (bicyclic) bond motifs is 1. The molecule has 1 fully saturated rings. The minimum Gasteiger partial charge on any atom is -0.357 e. The number of benzene rings is 1. The number of likely N-dealkylation sites (tertiary alicyclic amines) is 1. The first kappa shape index (κ1) is 17.8. The third-order valence-electron chi connectivity index (χ3n) is 4.70. The molecule has 2 atom stereocenters. The molecule has 1 saturated heterocycles. The van der Waals surface area contributed by atoms with Crippen molar-refractivity contribution in [2.24, 2.45) is 0 Å². The fraction of sp³-hybridized carbons (Fsp3) is 0.389. The molecule has 3 aromatic rings. The second kappa shape index (κ2) is 7.96. The predicted molar refractivity (Wildman–Crippen MR) is 112 cm³/mol. The number of aromatic nitrogens is 3. The molecule has 0 bridgehead atoms. The standard InChI is InChI=1S/C18H21N5S3/c1-2-10-19-17-21-23(18(24)26-17)12-22-11-6-5-8-14(22)16-20-13-7-3-4-9-15(13)25-16/h2-4,7,9,14H,1,5-6,8,10-12H2,(H,19,21)/p+1/t14-/m1/s1.